The van der Waals surface area contributed by atoms with E-state index in [-0.39, 0.29) is 31.8 Å². The number of ether oxygens (including phenoxy) is 2. The summed E-state index contributed by atoms with van der Waals surface area (Å²) in [5.74, 6) is -0.764. The van der Waals surface area contributed by atoms with Crippen molar-refractivity contribution in [2.24, 2.45) is 0 Å². The van der Waals surface area contributed by atoms with Crippen LogP contribution in [0.2, 0.25) is 10.0 Å². The Kier molecular flexibility index (Phi) is 9.84. The normalized spacial score (nSPS) is 13.5. The zero-order valence-corrected chi connectivity index (χ0v) is 19.8. The third kappa shape index (κ3) is 8.70. The Morgan fingerprint density at radius 1 is 1.06 bits per heavy atom. The summed E-state index contributed by atoms with van der Waals surface area (Å²) < 4.78 is 51.2. The summed E-state index contributed by atoms with van der Waals surface area (Å²) >= 11 is 11.9. The summed E-state index contributed by atoms with van der Waals surface area (Å²) in [6.07, 6.45) is -3.08. The monoisotopic (exact) mass is 507 g/mol. The molecule has 5 nitrogen and oxygen atoms in total. The first kappa shape index (κ1) is 27.2. The Bertz CT molecular complexity index is 956. The molecule has 0 saturated carbocycles. The Labute approximate surface area is 200 Å². The van der Waals surface area contributed by atoms with Gasteiger partial charge in [-0.25, -0.2) is 0 Å². The summed E-state index contributed by atoms with van der Waals surface area (Å²) in [5, 5.41) is 10.2. The molecule has 33 heavy (non-hydrogen) atoms. The quantitative estimate of drug-likeness (QED) is 0.213. The van der Waals surface area contributed by atoms with E-state index in [0.29, 0.717) is 28.5 Å². The van der Waals surface area contributed by atoms with Crippen LogP contribution in [0.25, 0.3) is 0 Å². The van der Waals surface area contributed by atoms with Crippen molar-refractivity contribution in [1.82, 2.24) is 5.48 Å². The molecule has 182 valence electrons. The van der Waals surface area contributed by atoms with Gasteiger partial charge in [0.2, 0.25) is 0 Å². The van der Waals surface area contributed by atoms with Crippen molar-refractivity contribution >= 4 is 29.2 Å². The van der Waals surface area contributed by atoms with E-state index in [1.54, 1.807) is 31.2 Å². The molecule has 0 radical (unpaired) electrons. The number of hydroxylamine groups is 1. The SMILES string of the molecule is CC(=O)OCC(C)(CCc1ccc(OCCCc2ccc(Cl)c(Cl)c2)c(C(F)(F)F)c1)NO. The first-order valence-corrected chi connectivity index (χ1v) is 11.0. The third-order valence-corrected chi connectivity index (χ3v) is 5.77. The maximum absolute atomic E-state index is 13.6. The number of alkyl halides is 3. The number of hydrogen-bond acceptors (Lipinski definition) is 5. The van der Waals surface area contributed by atoms with Crippen LogP contribution >= 0.6 is 23.2 Å². The van der Waals surface area contributed by atoms with E-state index in [2.05, 4.69) is 5.48 Å². The molecule has 0 amide bonds. The molecule has 10 heteroatoms. The van der Waals surface area contributed by atoms with Crippen LogP contribution in [0.4, 0.5) is 13.2 Å². The minimum Gasteiger partial charge on any atom is -0.493 e. The van der Waals surface area contributed by atoms with Crippen molar-refractivity contribution in [1.29, 1.82) is 0 Å². The fourth-order valence-corrected chi connectivity index (χ4v) is 3.40. The van der Waals surface area contributed by atoms with Gasteiger partial charge in [-0.15, -0.1) is 0 Å². The number of esters is 1. The van der Waals surface area contributed by atoms with Gasteiger partial charge in [0, 0.05) is 6.92 Å². The molecule has 1 atom stereocenters. The molecule has 0 heterocycles. The van der Waals surface area contributed by atoms with Crippen LogP contribution in [0.3, 0.4) is 0 Å². The lowest BCUT2D eigenvalue weighted by molar-refractivity contribution is -0.145. The van der Waals surface area contributed by atoms with Crippen molar-refractivity contribution in [3.05, 3.63) is 63.1 Å². The lowest BCUT2D eigenvalue weighted by Gasteiger charge is -2.27. The van der Waals surface area contributed by atoms with Crippen LogP contribution in [0.15, 0.2) is 36.4 Å². The Hall–Kier alpha value is -2.00. The number of carbonyl (C=O) groups excluding carboxylic acids is 1. The minimum absolute atomic E-state index is 0.0948. The summed E-state index contributed by atoms with van der Waals surface area (Å²) in [6, 6.07) is 9.08. The number of benzene rings is 2. The number of halogens is 5. The molecule has 2 rings (SSSR count). The van der Waals surface area contributed by atoms with Crippen molar-refractivity contribution in [3.63, 3.8) is 0 Å². The molecule has 0 saturated heterocycles. The van der Waals surface area contributed by atoms with E-state index in [1.165, 1.54) is 13.0 Å². The predicted octanol–water partition coefficient (Wildman–Crippen LogP) is 6.26. The van der Waals surface area contributed by atoms with Gasteiger partial charge >= 0.3 is 12.1 Å². The molecule has 0 aliphatic carbocycles. The average Bonchev–Trinajstić information content (AvgIpc) is 2.76. The van der Waals surface area contributed by atoms with Crippen LogP contribution < -0.4 is 10.2 Å². The molecule has 0 spiro atoms. The van der Waals surface area contributed by atoms with Gasteiger partial charge in [-0.2, -0.15) is 18.7 Å². The maximum Gasteiger partial charge on any atom is 0.419 e. The third-order valence-electron chi connectivity index (χ3n) is 5.03. The molecule has 2 N–H and O–H groups in total. The lowest BCUT2D eigenvalue weighted by Crippen LogP contribution is -2.45. The van der Waals surface area contributed by atoms with Gasteiger partial charge in [-0.05, 0) is 68.0 Å². The van der Waals surface area contributed by atoms with Crippen molar-refractivity contribution in [3.8, 4) is 5.75 Å². The highest BCUT2D eigenvalue weighted by molar-refractivity contribution is 6.42. The molecule has 0 aliphatic rings. The van der Waals surface area contributed by atoms with Crippen molar-refractivity contribution in [2.45, 2.75) is 51.2 Å². The molecule has 1 unspecified atom stereocenters. The first-order chi connectivity index (χ1) is 15.4. The summed E-state index contributed by atoms with van der Waals surface area (Å²) in [4.78, 5) is 11.0. The molecule has 2 aromatic rings. The summed E-state index contributed by atoms with van der Waals surface area (Å²) in [6.45, 7) is 2.81. The number of nitrogens with one attached hydrogen (secondary N) is 1. The van der Waals surface area contributed by atoms with E-state index >= 15 is 0 Å². The highest BCUT2D eigenvalue weighted by atomic mass is 35.5. The van der Waals surface area contributed by atoms with Gasteiger partial charge in [0.05, 0.1) is 27.8 Å². The van der Waals surface area contributed by atoms with Crippen molar-refractivity contribution in [2.75, 3.05) is 13.2 Å². The van der Waals surface area contributed by atoms with Gasteiger partial charge in [0.25, 0.3) is 0 Å². The van der Waals surface area contributed by atoms with Crippen LogP contribution in [0.1, 0.15) is 43.4 Å². The number of aryl methyl sites for hydroxylation is 2. The highest BCUT2D eigenvalue weighted by Crippen LogP contribution is 2.37. The molecule has 0 fully saturated rings. The minimum atomic E-state index is -4.59. The number of hydrogen-bond donors (Lipinski definition) is 2. The van der Waals surface area contributed by atoms with E-state index in [1.807, 2.05) is 0 Å². The van der Waals surface area contributed by atoms with Crippen LogP contribution in [0, 0.1) is 0 Å². The lowest BCUT2D eigenvalue weighted by atomic mass is 9.94. The standard InChI is InChI=1S/C23H26Cl2F3NO4/c1-15(30)33-14-22(2,29-31)10-9-17-6-8-21(18(12-17)23(26,27)28)32-11-3-4-16-5-7-19(24)20(25)13-16/h5-8,12-13,29,31H,3-4,9-11,14H2,1-2H3. The maximum atomic E-state index is 13.6. The second-order valence-electron chi connectivity index (χ2n) is 7.98. The molecular formula is C23H26Cl2F3NO4. The van der Waals surface area contributed by atoms with Gasteiger partial charge in [0.15, 0.2) is 0 Å². The summed E-state index contributed by atoms with van der Waals surface area (Å²) in [7, 11) is 0. The fraction of sp³-hybridized carbons (Fsp3) is 0.435. The van der Waals surface area contributed by atoms with Crippen molar-refractivity contribution < 1.29 is 32.6 Å². The molecule has 0 aromatic heterocycles. The fourth-order valence-electron chi connectivity index (χ4n) is 3.08. The Balaban J connectivity index is 2.01. The Morgan fingerprint density at radius 3 is 2.33 bits per heavy atom. The second-order valence-corrected chi connectivity index (χ2v) is 8.80. The smallest absolute Gasteiger partial charge is 0.419 e. The zero-order chi connectivity index (χ0) is 24.6. The van der Waals surface area contributed by atoms with Crippen LogP contribution in [-0.4, -0.2) is 29.9 Å². The van der Waals surface area contributed by atoms with Crippen LogP contribution in [-0.2, 0) is 28.5 Å². The topological polar surface area (TPSA) is 67.8 Å². The largest absolute Gasteiger partial charge is 0.493 e. The number of rotatable bonds is 11. The second kappa shape index (κ2) is 11.9. The molecule has 0 aliphatic heterocycles. The van der Waals surface area contributed by atoms with E-state index in [9.17, 15) is 23.2 Å². The van der Waals surface area contributed by atoms with Gasteiger partial charge in [0.1, 0.15) is 12.4 Å². The number of carbonyl (C=O) groups is 1. The average molecular weight is 508 g/mol. The molecule has 0 bridgehead atoms. The molecular weight excluding hydrogens is 482 g/mol. The Morgan fingerprint density at radius 2 is 1.73 bits per heavy atom. The van der Waals surface area contributed by atoms with E-state index < -0.39 is 23.2 Å². The van der Waals surface area contributed by atoms with E-state index in [0.717, 1.165) is 11.6 Å². The van der Waals surface area contributed by atoms with Gasteiger partial charge in [-0.1, -0.05) is 35.3 Å². The molecule has 2 aromatic carbocycles. The first-order valence-electron chi connectivity index (χ1n) is 10.2. The summed E-state index contributed by atoms with van der Waals surface area (Å²) in [5.41, 5.74) is 1.53. The van der Waals surface area contributed by atoms with Gasteiger partial charge in [-0.3, -0.25) is 4.79 Å². The van der Waals surface area contributed by atoms with E-state index in [4.69, 9.17) is 32.7 Å². The predicted molar refractivity (Wildman–Crippen MR) is 120 cm³/mol. The zero-order valence-electron chi connectivity index (χ0n) is 18.3. The van der Waals surface area contributed by atoms with Crippen LogP contribution in [0.5, 0.6) is 5.75 Å². The highest BCUT2D eigenvalue weighted by Gasteiger charge is 2.35. The van der Waals surface area contributed by atoms with Gasteiger partial charge < -0.3 is 14.7 Å².